The van der Waals surface area contributed by atoms with Crippen LogP contribution >= 0.6 is 11.3 Å². The normalized spacial score (nSPS) is 16.4. The number of aryl methyl sites for hydroxylation is 2. The molecule has 2 aromatic heterocycles. The van der Waals surface area contributed by atoms with Crippen LogP contribution in [0, 0.1) is 25.7 Å². The van der Waals surface area contributed by atoms with Gasteiger partial charge in [0.05, 0.1) is 6.04 Å². The topological polar surface area (TPSA) is 65.2 Å². The van der Waals surface area contributed by atoms with Crippen LogP contribution in [0.2, 0.25) is 0 Å². The molecule has 2 amide bonds. The van der Waals surface area contributed by atoms with Crippen LogP contribution in [0.5, 0.6) is 0 Å². The van der Waals surface area contributed by atoms with Crippen molar-refractivity contribution in [3.63, 3.8) is 0 Å². The molecular formula is C22H31N3O2S. The summed E-state index contributed by atoms with van der Waals surface area (Å²) in [7, 11) is 0. The van der Waals surface area contributed by atoms with E-state index >= 15 is 0 Å². The quantitative estimate of drug-likeness (QED) is 0.751. The van der Waals surface area contributed by atoms with Crippen molar-refractivity contribution in [3.8, 4) is 0 Å². The lowest BCUT2D eigenvalue weighted by Crippen LogP contribution is -2.40. The lowest BCUT2D eigenvalue weighted by atomic mass is 9.92. The maximum atomic E-state index is 12.7. The molecule has 0 unspecified atom stereocenters. The second-order valence-corrected chi connectivity index (χ2v) is 9.23. The highest BCUT2D eigenvalue weighted by molar-refractivity contribution is 7.10. The number of carbonyl (C=O) groups is 2. The summed E-state index contributed by atoms with van der Waals surface area (Å²) in [5.41, 5.74) is 2.71. The first-order valence-corrected chi connectivity index (χ1v) is 11.0. The van der Waals surface area contributed by atoms with Crippen molar-refractivity contribution in [1.29, 1.82) is 0 Å². The number of thiophene rings is 1. The number of rotatable bonds is 6. The number of aromatic nitrogens is 1. The summed E-state index contributed by atoms with van der Waals surface area (Å²) in [6.45, 7) is 9.64. The fourth-order valence-electron chi connectivity index (χ4n) is 3.98. The standard InChI is InChI=1S/C22H31N3O2S/c1-14(2)20(18-6-5-11-28-18)24-19(26)13-17-7-9-25(10-8-17)22(27)21-15(3)12-16(4)23-21/h5-6,11-12,14,17,20,23H,7-10,13H2,1-4H3,(H,24,26)/t20-/m1/s1. The monoisotopic (exact) mass is 401 g/mol. The average molecular weight is 402 g/mol. The third-order valence-electron chi connectivity index (χ3n) is 5.57. The Morgan fingerprint density at radius 1 is 1.29 bits per heavy atom. The van der Waals surface area contributed by atoms with E-state index < -0.39 is 0 Å². The zero-order valence-electron chi connectivity index (χ0n) is 17.2. The van der Waals surface area contributed by atoms with E-state index in [1.54, 1.807) is 11.3 Å². The van der Waals surface area contributed by atoms with Gasteiger partial charge in [-0.15, -0.1) is 11.3 Å². The summed E-state index contributed by atoms with van der Waals surface area (Å²) in [5.74, 6) is 0.889. The van der Waals surface area contributed by atoms with Crippen molar-refractivity contribution in [3.05, 3.63) is 45.4 Å². The van der Waals surface area contributed by atoms with E-state index in [1.807, 2.05) is 30.9 Å². The summed E-state index contributed by atoms with van der Waals surface area (Å²) in [6, 6.07) is 6.20. The van der Waals surface area contributed by atoms with Gasteiger partial charge >= 0.3 is 0 Å². The average Bonchev–Trinajstić information content (AvgIpc) is 3.29. The molecule has 3 heterocycles. The van der Waals surface area contributed by atoms with E-state index in [1.165, 1.54) is 4.88 Å². The van der Waals surface area contributed by atoms with Gasteiger partial charge in [-0.3, -0.25) is 9.59 Å². The molecule has 1 aliphatic heterocycles. The number of nitrogens with zero attached hydrogens (tertiary/aromatic N) is 1. The van der Waals surface area contributed by atoms with Gasteiger partial charge in [0.2, 0.25) is 5.91 Å². The molecule has 0 saturated carbocycles. The van der Waals surface area contributed by atoms with Gasteiger partial charge < -0.3 is 15.2 Å². The first kappa shape index (κ1) is 20.6. The van der Waals surface area contributed by atoms with Gasteiger partial charge in [-0.2, -0.15) is 0 Å². The minimum absolute atomic E-state index is 0.0751. The fourth-order valence-corrected chi connectivity index (χ4v) is 4.93. The third kappa shape index (κ3) is 4.85. The highest BCUT2D eigenvalue weighted by Gasteiger charge is 2.27. The maximum absolute atomic E-state index is 12.7. The van der Waals surface area contributed by atoms with Gasteiger partial charge in [0.1, 0.15) is 5.69 Å². The van der Waals surface area contributed by atoms with Crippen molar-refractivity contribution in [1.82, 2.24) is 15.2 Å². The molecule has 1 atom stereocenters. The van der Waals surface area contributed by atoms with Gasteiger partial charge in [0.25, 0.3) is 5.91 Å². The molecule has 1 saturated heterocycles. The summed E-state index contributed by atoms with van der Waals surface area (Å²) in [6.07, 6.45) is 2.30. The highest BCUT2D eigenvalue weighted by atomic mass is 32.1. The third-order valence-corrected chi connectivity index (χ3v) is 6.53. The number of nitrogens with one attached hydrogen (secondary N) is 2. The Morgan fingerprint density at radius 2 is 2.00 bits per heavy atom. The summed E-state index contributed by atoms with van der Waals surface area (Å²) < 4.78 is 0. The molecule has 0 radical (unpaired) electrons. The molecule has 6 heteroatoms. The Kier molecular flexibility index (Phi) is 6.60. The molecule has 2 aromatic rings. The number of amides is 2. The van der Waals surface area contributed by atoms with Crippen molar-refractivity contribution >= 4 is 23.2 Å². The van der Waals surface area contributed by atoms with E-state index in [0.717, 1.165) is 24.1 Å². The molecule has 1 aliphatic rings. The smallest absolute Gasteiger partial charge is 0.270 e. The Hall–Kier alpha value is -2.08. The minimum Gasteiger partial charge on any atom is -0.354 e. The van der Waals surface area contributed by atoms with Gasteiger partial charge in [-0.05, 0) is 61.6 Å². The van der Waals surface area contributed by atoms with Gasteiger partial charge in [-0.1, -0.05) is 19.9 Å². The minimum atomic E-state index is 0.0751. The molecule has 152 valence electrons. The van der Waals surface area contributed by atoms with Crippen LogP contribution in [0.3, 0.4) is 0 Å². The summed E-state index contributed by atoms with van der Waals surface area (Å²) >= 11 is 1.69. The first-order chi connectivity index (χ1) is 13.3. The van der Waals surface area contributed by atoms with E-state index in [2.05, 4.69) is 35.6 Å². The molecule has 0 spiro atoms. The number of hydrogen-bond donors (Lipinski definition) is 2. The fraction of sp³-hybridized carbons (Fsp3) is 0.545. The van der Waals surface area contributed by atoms with Crippen molar-refractivity contribution < 1.29 is 9.59 Å². The molecule has 2 N–H and O–H groups in total. The molecule has 0 aromatic carbocycles. The highest BCUT2D eigenvalue weighted by Crippen LogP contribution is 2.27. The molecule has 28 heavy (non-hydrogen) atoms. The lowest BCUT2D eigenvalue weighted by Gasteiger charge is -2.32. The van der Waals surface area contributed by atoms with Crippen LogP contribution in [0.4, 0.5) is 0 Å². The van der Waals surface area contributed by atoms with Crippen LogP contribution in [0.25, 0.3) is 0 Å². The molecule has 3 rings (SSSR count). The Bertz CT molecular complexity index is 802. The Labute approximate surface area is 171 Å². The van der Waals surface area contributed by atoms with Crippen LogP contribution in [0.1, 0.15) is 65.8 Å². The van der Waals surface area contributed by atoms with Crippen LogP contribution < -0.4 is 5.32 Å². The summed E-state index contributed by atoms with van der Waals surface area (Å²) in [5, 5.41) is 5.27. The van der Waals surface area contributed by atoms with Gasteiger partial charge in [0, 0.05) is 30.1 Å². The predicted molar refractivity (Wildman–Crippen MR) is 114 cm³/mol. The Balaban J connectivity index is 1.50. The molecule has 0 bridgehead atoms. The Morgan fingerprint density at radius 3 is 2.54 bits per heavy atom. The van der Waals surface area contributed by atoms with E-state index in [9.17, 15) is 9.59 Å². The second-order valence-electron chi connectivity index (χ2n) is 8.25. The van der Waals surface area contributed by atoms with Crippen LogP contribution in [-0.4, -0.2) is 34.8 Å². The largest absolute Gasteiger partial charge is 0.354 e. The number of hydrogen-bond acceptors (Lipinski definition) is 3. The first-order valence-electron chi connectivity index (χ1n) is 10.1. The summed E-state index contributed by atoms with van der Waals surface area (Å²) in [4.78, 5) is 31.6. The molecule has 0 aliphatic carbocycles. The number of piperidine rings is 1. The maximum Gasteiger partial charge on any atom is 0.270 e. The molecule has 5 nitrogen and oxygen atoms in total. The zero-order chi connectivity index (χ0) is 20.3. The SMILES string of the molecule is Cc1cc(C)c(C(=O)N2CCC(CC(=O)N[C@@H](c3cccs3)C(C)C)CC2)[nH]1. The number of aromatic amines is 1. The zero-order valence-corrected chi connectivity index (χ0v) is 18.1. The van der Waals surface area contributed by atoms with Crippen molar-refractivity contribution in [2.75, 3.05) is 13.1 Å². The molecular weight excluding hydrogens is 370 g/mol. The van der Waals surface area contributed by atoms with Gasteiger partial charge in [-0.25, -0.2) is 0 Å². The molecule has 1 fully saturated rings. The predicted octanol–water partition coefficient (Wildman–Crippen LogP) is 4.45. The van der Waals surface area contributed by atoms with E-state index in [0.29, 0.717) is 37.0 Å². The lowest BCUT2D eigenvalue weighted by molar-refractivity contribution is -0.123. The number of likely N-dealkylation sites (tertiary alicyclic amines) is 1. The van der Waals surface area contributed by atoms with Crippen LogP contribution in [0.15, 0.2) is 23.6 Å². The van der Waals surface area contributed by atoms with Crippen molar-refractivity contribution in [2.24, 2.45) is 11.8 Å². The second kappa shape index (κ2) is 8.95. The van der Waals surface area contributed by atoms with Crippen LogP contribution in [-0.2, 0) is 4.79 Å². The van der Waals surface area contributed by atoms with E-state index in [4.69, 9.17) is 0 Å². The van der Waals surface area contributed by atoms with Gasteiger partial charge in [0.15, 0.2) is 0 Å². The number of H-pyrrole nitrogens is 1. The number of carbonyl (C=O) groups excluding carboxylic acids is 2. The van der Waals surface area contributed by atoms with Crippen molar-refractivity contribution in [2.45, 2.75) is 53.0 Å². The van der Waals surface area contributed by atoms with E-state index in [-0.39, 0.29) is 17.9 Å².